The number of allylic oxidation sites excluding steroid dienone is 4. The van der Waals surface area contributed by atoms with E-state index in [4.69, 9.17) is 5.73 Å². The van der Waals surface area contributed by atoms with E-state index in [1.54, 1.807) is 17.5 Å². The third-order valence-electron chi connectivity index (χ3n) is 2.55. The summed E-state index contributed by atoms with van der Waals surface area (Å²) in [6, 6.07) is 1.71. The second-order valence-electron chi connectivity index (χ2n) is 6.59. The molecule has 0 saturated heterocycles. The molecular formula is C19H26F3NO2S. The van der Waals surface area contributed by atoms with E-state index < -0.39 is 6.36 Å². The molecule has 0 saturated carbocycles. The predicted molar refractivity (Wildman–Crippen MR) is 101 cm³/mol. The van der Waals surface area contributed by atoms with Gasteiger partial charge in [0.1, 0.15) is 5.76 Å². The Morgan fingerprint density at radius 2 is 1.96 bits per heavy atom. The molecule has 0 bridgehead atoms. The number of hydrogen-bond acceptors (Lipinski definition) is 4. The van der Waals surface area contributed by atoms with E-state index in [-0.39, 0.29) is 23.6 Å². The normalized spacial score (nSPS) is 13.8. The first-order valence-electron chi connectivity index (χ1n) is 7.93. The lowest BCUT2D eigenvalue weighted by atomic mass is 10.0. The van der Waals surface area contributed by atoms with E-state index in [0.29, 0.717) is 4.88 Å². The van der Waals surface area contributed by atoms with Gasteiger partial charge in [0.25, 0.3) is 0 Å². The molecule has 7 heteroatoms. The number of ether oxygens (including phenoxy) is 1. The first-order chi connectivity index (χ1) is 11.9. The maximum atomic E-state index is 12.3. The van der Waals surface area contributed by atoms with Gasteiger partial charge in [-0.15, -0.1) is 31.1 Å². The van der Waals surface area contributed by atoms with Crippen LogP contribution in [-0.2, 0) is 4.74 Å². The van der Waals surface area contributed by atoms with Crippen LogP contribution in [0.25, 0.3) is 0 Å². The van der Waals surface area contributed by atoms with Gasteiger partial charge in [-0.2, -0.15) is 0 Å². The lowest BCUT2D eigenvalue weighted by Gasteiger charge is -2.10. The fraction of sp³-hybridized carbons (Fsp3) is 0.421. The van der Waals surface area contributed by atoms with E-state index in [1.807, 2.05) is 27.7 Å². The van der Waals surface area contributed by atoms with E-state index in [9.17, 15) is 18.0 Å². The molecule has 1 heterocycles. The van der Waals surface area contributed by atoms with Crippen LogP contribution in [0.1, 0.15) is 55.3 Å². The van der Waals surface area contributed by atoms with Crippen LogP contribution in [0, 0.1) is 0 Å². The molecule has 2 N–H and O–H groups in total. The standard InChI is InChI=1S/C15H15F3O2S.C4H11N/c1-3-4-5-13(20-15(16,17)18)7-6-11(2)12-8-14(9-19)21-10-12;1-4(2,3)5/h3,5-11H,1,4H2,2H3;5H2,1-3H3/b7-6-,13-5+;. The number of rotatable bonds is 7. The molecule has 0 aromatic carbocycles. The van der Waals surface area contributed by atoms with Crippen molar-refractivity contribution in [3.63, 3.8) is 0 Å². The lowest BCUT2D eigenvalue weighted by Crippen LogP contribution is -2.26. The Bertz CT molecular complexity index is 619. The number of carbonyl (C=O) groups excluding carboxylic acids is 1. The molecular weight excluding hydrogens is 363 g/mol. The van der Waals surface area contributed by atoms with Crippen molar-refractivity contribution in [3.05, 3.63) is 58.5 Å². The summed E-state index contributed by atoms with van der Waals surface area (Å²) in [5, 5.41) is 1.80. The second kappa shape index (κ2) is 11.0. The maximum absolute atomic E-state index is 12.3. The molecule has 3 nitrogen and oxygen atoms in total. The minimum absolute atomic E-state index is 0. The summed E-state index contributed by atoms with van der Waals surface area (Å²) in [5.74, 6) is -0.404. The fourth-order valence-electron chi connectivity index (χ4n) is 1.50. The van der Waals surface area contributed by atoms with Crippen LogP contribution in [0.5, 0.6) is 0 Å². The number of thiophene rings is 1. The molecule has 1 rings (SSSR count). The van der Waals surface area contributed by atoms with Crippen LogP contribution in [0.2, 0.25) is 0 Å². The topological polar surface area (TPSA) is 52.3 Å². The summed E-state index contributed by atoms with van der Waals surface area (Å²) in [6.07, 6.45) is 1.94. The predicted octanol–water partition coefficient (Wildman–Crippen LogP) is 5.96. The van der Waals surface area contributed by atoms with Gasteiger partial charge in [0.15, 0.2) is 6.29 Å². The van der Waals surface area contributed by atoms with E-state index >= 15 is 0 Å². The van der Waals surface area contributed by atoms with Gasteiger partial charge in [-0.3, -0.25) is 4.79 Å². The molecule has 146 valence electrons. The van der Waals surface area contributed by atoms with Crippen LogP contribution in [-0.4, -0.2) is 18.2 Å². The Hall–Kier alpha value is -1.86. The molecule has 0 amide bonds. The minimum Gasteiger partial charge on any atom is -0.406 e. The highest BCUT2D eigenvalue weighted by molar-refractivity contribution is 7.11. The van der Waals surface area contributed by atoms with Crippen LogP contribution >= 0.6 is 11.3 Å². The summed E-state index contributed by atoms with van der Waals surface area (Å²) in [7, 11) is 0. The second-order valence-corrected chi connectivity index (χ2v) is 7.54. The Kier molecular flexibility index (Phi) is 10.2. The molecule has 1 aromatic rings. The molecule has 1 atom stereocenters. The van der Waals surface area contributed by atoms with Gasteiger partial charge in [0.05, 0.1) is 4.88 Å². The monoisotopic (exact) mass is 389 g/mol. The summed E-state index contributed by atoms with van der Waals surface area (Å²) in [6.45, 7) is 11.2. The van der Waals surface area contributed by atoms with Gasteiger partial charge in [0.2, 0.25) is 0 Å². The average Bonchev–Trinajstić information content (AvgIpc) is 2.95. The van der Waals surface area contributed by atoms with Gasteiger partial charge in [0, 0.05) is 11.5 Å². The largest absolute Gasteiger partial charge is 0.573 e. The quantitative estimate of drug-likeness (QED) is 0.271. The zero-order valence-electron chi connectivity index (χ0n) is 15.5. The van der Waals surface area contributed by atoms with Crippen molar-refractivity contribution in [1.82, 2.24) is 0 Å². The number of aldehydes is 1. The summed E-state index contributed by atoms with van der Waals surface area (Å²) >= 11 is 1.29. The van der Waals surface area contributed by atoms with E-state index in [2.05, 4.69) is 11.3 Å². The first kappa shape index (κ1) is 24.1. The van der Waals surface area contributed by atoms with Crippen molar-refractivity contribution in [3.8, 4) is 0 Å². The Morgan fingerprint density at radius 3 is 2.38 bits per heavy atom. The fourth-order valence-corrected chi connectivity index (χ4v) is 2.31. The molecule has 1 unspecified atom stereocenters. The van der Waals surface area contributed by atoms with Crippen molar-refractivity contribution < 1.29 is 22.7 Å². The molecule has 0 aliphatic carbocycles. The third-order valence-corrected chi connectivity index (χ3v) is 3.43. The van der Waals surface area contributed by atoms with Crippen LogP contribution in [0.3, 0.4) is 0 Å². The summed E-state index contributed by atoms with van der Waals surface area (Å²) < 4.78 is 40.7. The lowest BCUT2D eigenvalue weighted by molar-refractivity contribution is -0.303. The Balaban J connectivity index is 0.00000110. The van der Waals surface area contributed by atoms with Crippen LogP contribution in [0.4, 0.5) is 13.2 Å². The number of halogens is 3. The molecule has 0 aliphatic heterocycles. The van der Waals surface area contributed by atoms with E-state index in [0.717, 1.165) is 11.8 Å². The molecule has 26 heavy (non-hydrogen) atoms. The minimum atomic E-state index is -4.73. The zero-order valence-corrected chi connectivity index (χ0v) is 16.3. The number of nitrogens with two attached hydrogens (primary N) is 1. The Labute approximate surface area is 157 Å². The number of hydrogen-bond donors (Lipinski definition) is 1. The SMILES string of the molecule is C=CC/C=C(\C=C/C(C)c1csc(C=O)c1)OC(F)(F)F.CC(C)(C)N. The van der Waals surface area contributed by atoms with Crippen molar-refractivity contribution in [1.29, 1.82) is 0 Å². The summed E-state index contributed by atoms with van der Waals surface area (Å²) in [5.41, 5.74) is 6.22. The summed E-state index contributed by atoms with van der Waals surface area (Å²) in [4.78, 5) is 11.2. The highest BCUT2D eigenvalue weighted by Gasteiger charge is 2.31. The third kappa shape index (κ3) is 13.4. The molecule has 0 radical (unpaired) electrons. The number of alkyl halides is 3. The Morgan fingerprint density at radius 1 is 1.38 bits per heavy atom. The van der Waals surface area contributed by atoms with Crippen LogP contribution in [0.15, 0.2) is 48.1 Å². The maximum Gasteiger partial charge on any atom is 0.573 e. The highest BCUT2D eigenvalue weighted by atomic mass is 32.1. The molecule has 0 spiro atoms. The van der Waals surface area contributed by atoms with Crippen molar-refractivity contribution in [2.24, 2.45) is 5.73 Å². The van der Waals surface area contributed by atoms with Crippen molar-refractivity contribution in [2.75, 3.05) is 0 Å². The average molecular weight is 389 g/mol. The van der Waals surface area contributed by atoms with Gasteiger partial charge in [-0.25, -0.2) is 0 Å². The van der Waals surface area contributed by atoms with Crippen molar-refractivity contribution >= 4 is 17.6 Å². The molecule has 0 aliphatic rings. The van der Waals surface area contributed by atoms with Crippen molar-refractivity contribution in [2.45, 2.75) is 51.9 Å². The van der Waals surface area contributed by atoms with Gasteiger partial charge >= 0.3 is 6.36 Å². The van der Waals surface area contributed by atoms with E-state index in [1.165, 1.54) is 29.6 Å². The smallest absolute Gasteiger partial charge is 0.406 e. The van der Waals surface area contributed by atoms with Crippen LogP contribution < -0.4 is 5.73 Å². The zero-order chi connectivity index (χ0) is 20.4. The van der Waals surface area contributed by atoms with Gasteiger partial charge < -0.3 is 10.5 Å². The van der Waals surface area contributed by atoms with Gasteiger partial charge in [-0.05, 0) is 56.4 Å². The number of carbonyl (C=O) groups is 1. The van der Waals surface area contributed by atoms with Gasteiger partial charge in [-0.1, -0.05) is 19.1 Å². The highest BCUT2D eigenvalue weighted by Crippen LogP contribution is 2.25. The molecule has 0 fully saturated rings. The first-order valence-corrected chi connectivity index (χ1v) is 8.81. The molecule has 1 aromatic heterocycles.